The minimum Gasteiger partial charge on any atom is -0.478 e. The van der Waals surface area contributed by atoms with Crippen LogP contribution in [0.3, 0.4) is 0 Å². The molecule has 0 fully saturated rings. The van der Waals surface area contributed by atoms with E-state index in [9.17, 15) is 22.7 Å². The Morgan fingerprint density at radius 2 is 1.70 bits per heavy atom. The second-order valence-corrected chi connectivity index (χ2v) is 11.7. The number of rotatable bonds is 11. The van der Waals surface area contributed by atoms with Crippen molar-refractivity contribution in [1.29, 1.82) is 0 Å². The van der Waals surface area contributed by atoms with Gasteiger partial charge in [-0.05, 0) is 54.3 Å². The lowest BCUT2D eigenvalue weighted by atomic mass is 9.98. The van der Waals surface area contributed by atoms with Gasteiger partial charge in [-0.1, -0.05) is 91.2 Å². The maximum absolute atomic E-state index is 13.6. The van der Waals surface area contributed by atoms with Gasteiger partial charge in [-0.3, -0.25) is 0 Å². The third-order valence-electron chi connectivity index (χ3n) is 6.56. The molecule has 0 amide bonds. The van der Waals surface area contributed by atoms with Crippen molar-refractivity contribution in [2.24, 2.45) is 0 Å². The fourth-order valence-electron chi connectivity index (χ4n) is 4.45. The maximum atomic E-state index is 13.6. The zero-order chi connectivity index (χ0) is 28.9. The van der Waals surface area contributed by atoms with E-state index in [0.29, 0.717) is 22.4 Å². The third kappa shape index (κ3) is 6.88. The molecule has 9 heteroatoms. The van der Waals surface area contributed by atoms with Crippen molar-refractivity contribution in [3.8, 4) is 11.1 Å². The van der Waals surface area contributed by atoms with Crippen molar-refractivity contribution in [3.05, 3.63) is 118 Å². The first-order valence-electron chi connectivity index (χ1n) is 12.8. The quantitative estimate of drug-likeness (QED) is 0.170. The van der Waals surface area contributed by atoms with E-state index in [4.69, 9.17) is 11.6 Å². The Morgan fingerprint density at radius 1 is 1.00 bits per heavy atom. The van der Waals surface area contributed by atoms with E-state index in [1.54, 1.807) is 18.2 Å². The zero-order valence-corrected chi connectivity index (χ0v) is 23.7. The molecule has 40 heavy (non-hydrogen) atoms. The monoisotopic (exact) mass is 580 g/mol. The number of anilines is 1. The van der Waals surface area contributed by atoms with Crippen molar-refractivity contribution in [2.45, 2.75) is 44.2 Å². The second-order valence-electron chi connectivity index (χ2n) is 9.53. The summed E-state index contributed by atoms with van der Waals surface area (Å²) in [6, 6.07) is 23.5. The molecule has 4 aromatic rings. The van der Waals surface area contributed by atoms with E-state index < -0.39 is 21.8 Å². The van der Waals surface area contributed by atoms with Crippen molar-refractivity contribution < 1.29 is 22.7 Å². The minimum atomic E-state index is -4.21. The summed E-state index contributed by atoms with van der Waals surface area (Å²) in [4.78, 5) is 12.2. The van der Waals surface area contributed by atoms with Crippen LogP contribution in [0.4, 0.5) is 10.1 Å². The highest BCUT2D eigenvalue weighted by molar-refractivity contribution is 7.89. The minimum absolute atomic E-state index is 0.124. The summed E-state index contributed by atoms with van der Waals surface area (Å²) in [5, 5.41) is 13.4. The Bertz CT molecular complexity index is 1610. The van der Waals surface area contributed by atoms with Crippen LogP contribution in [0.25, 0.3) is 11.1 Å². The zero-order valence-electron chi connectivity index (χ0n) is 22.1. The number of aryl methyl sites for hydroxylation is 1. The molecule has 0 spiro atoms. The third-order valence-corrected chi connectivity index (χ3v) is 8.29. The second kappa shape index (κ2) is 12.6. The number of carboxylic acids is 1. The first-order valence-corrected chi connectivity index (χ1v) is 14.7. The molecule has 0 aliphatic heterocycles. The first kappa shape index (κ1) is 29.3. The smallest absolute Gasteiger partial charge is 0.337 e. The molecular weight excluding hydrogens is 551 g/mol. The van der Waals surface area contributed by atoms with E-state index in [1.807, 2.05) is 56.3 Å². The molecule has 3 N–H and O–H groups in total. The molecule has 0 aliphatic carbocycles. The van der Waals surface area contributed by atoms with Crippen molar-refractivity contribution in [3.63, 3.8) is 0 Å². The summed E-state index contributed by atoms with van der Waals surface area (Å²) in [7, 11) is -4.21. The summed E-state index contributed by atoms with van der Waals surface area (Å²) >= 11 is 5.86. The van der Waals surface area contributed by atoms with Crippen LogP contribution < -0.4 is 10.0 Å². The fraction of sp³-hybridized carbons (Fsp3) is 0.194. The van der Waals surface area contributed by atoms with Crippen LogP contribution in [0.15, 0.2) is 89.8 Å². The van der Waals surface area contributed by atoms with Gasteiger partial charge in [-0.2, -0.15) is 0 Å². The lowest BCUT2D eigenvalue weighted by Crippen LogP contribution is -2.25. The Balaban J connectivity index is 1.81. The molecule has 0 radical (unpaired) electrons. The summed E-state index contributed by atoms with van der Waals surface area (Å²) < 4.78 is 43.3. The average Bonchev–Trinajstić information content (AvgIpc) is 2.94. The maximum Gasteiger partial charge on any atom is 0.337 e. The number of halogens is 2. The number of sulfonamides is 1. The van der Waals surface area contributed by atoms with Crippen molar-refractivity contribution in [1.82, 2.24) is 4.72 Å². The van der Waals surface area contributed by atoms with Crippen LogP contribution in [0.5, 0.6) is 0 Å². The van der Waals surface area contributed by atoms with Gasteiger partial charge in [-0.25, -0.2) is 22.3 Å². The molecule has 0 aliphatic rings. The van der Waals surface area contributed by atoms with E-state index in [1.165, 1.54) is 18.2 Å². The molecule has 6 nitrogen and oxygen atoms in total. The van der Waals surface area contributed by atoms with Crippen LogP contribution in [0.2, 0.25) is 5.02 Å². The number of hydrogen-bond donors (Lipinski definition) is 3. The Kier molecular flexibility index (Phi) is 9.25. The number of carbonyl (C=O) groups is 1. The van der Waals surface area contributed by atoms with E-state index in [-0.39, 0.29) is 28.1 Å². The highest BCUT2D eigenvalue weighted by Crippen LogP contribution is 2.36. The largest absolute Gasteiger partial charge is 0.478 e. The van der Waals surface area contributed by atoms with Gasteiger partial charge in [0, 0.05) is 17.8 Å². The van der Waals surface area contributed by atoms with E-state index >= 15 is 0 Å². The highest BCUT2D eigenvalue weighted by atomic mass is 35.5. The molecule has 0 aromatic heterocycles. The predicted octanol–water partition coefficient (Wildman–Crippen LogP) is 7.58. The topological polar surface area (TPSA) is 95.5 Å². The van der Waals surface area contributed by atoms with Crippen LogP contribution in [0.1, 0.15) is 52.9 Å². The van der Waals surface area contributed by atoms with Crippen LogP contribution in [-0.2, 0) is 16.6 Å². The summed E-state index contributed by atoms with van der Waals surface area (Å²) in [5.41, 5.74) is 3.55. The van der Waals surface area contributed by atoms with Crippen LogP contribution in [-0.4, -0.2) is 19.5 Å². The Morgan fingerprint density at radius 3 is 2.33 bits per heavy atom. The fourth-order valence-corrected chi connectivity index (χ4v) is 5.90. The summed E-state index contributed by atoms with van der Waals surface area (Å²) in [6.07, 6.45) is 1.59. The molecule has 1 unspecified atom stereocenters. The molecule has 0 heterocycles. The molecule has 0 bridgehead atoms. The van der Waals surface area contributed by atoms with Crippen molar-refractivity contribution in [2.75, 3.05) is 5.32 Å². The lowest BCUT2D eigenvalue weighted by molar-refractivity contribution is 0.0697. The predicted molar refractivity (Wildman–Crippen MR) is 157 cm³/mol. The van der Waals surface area contributed by atoms with E-state index in [0.717, 1.165) is 30.0 Å². The molecule has 0 saturated carbocycles. The summed E-state index contributed by atoms with van der Waals surface area (Å²) in [5.74, 6) is -1.87. The standard InChI is InChI=1S/C31H30ClFN2O4S/c1-3-7-28(23-8-5-4-6-9-23)35-29-17-24(22-13-10-20(2)11-14-22)30(18-25(29)31(36)37)40(38,39)34-19-21-12-15-27(33)26(32)16-21/h4-6,8-18,28,34-35H,3,7,19H2,1-2H3,(H,36,37). The molecule has 208 valence electrons. The Hall–Kier alpha value is -3.72. The van der Waals surface area contributed by atoms with E-state index in [2.05, 4.69) is 10.0 Å². The van der Waals surface area contributed by atoms with Gasteiger partial charge in [0.15, 0.2) is 0 Å². The number of benzene rings is 4. The SMILES string of the molecule is CCCC(Nc1cc(-c2ccc(C)cc2)c(S(=O)(=O)NCc2ccc(F)c(Cl)c2)cc1C(=O)O)c1ccccc1. The van der Waals surface area contributed by atoms with Gasteiger partial charge in [0.1, 0.15) is 5.82 Å². The molecule has 1 atom stereocenters. The van der Waals surface area contributed by atoms with Gasteiger partial charge in [-0.15, -0.1) is 0 Å². The van der Waals surface area contributed by atoms with Crippen molar-refractivity contribution >= 4 is 33.3 Å². The van der Waals surface area contributed by atoms with Crippen LogP contribution >= 0.6 is 11.6 Å². The lowest BCUT2D eigenvalue weighted by Gasteiger charge is -2.23. The van der Waals surface area contributed by atoms with Gasteiger partial charge >= 0.3 is 5.97 Å². The Labute approximate surface area is 238 Å². The highest BCUT2D eigenvalue weighted by Gasteiger charge is 2.26. The molecule has 4 aromatic carbocycles. The molecule has 0 saturated heterocycles. The van der Waals surface area contributed by atoms with Gasteiger partial charge < -0.3 is 10.4 Å². The number of nitrogens with one attached hydrogen (secondary N) is 2. The van der Waals surface area contributed by atoms with Crippen LogP contribution in [0, 0.1) is 12.7 Å². The molecular formula is C31H30ClFN2O4S. The summed E-state index contributed by atoms with van der Waals surface area (Å²) in [6.45, 7) is 3.81. The van der Waals surface area contributed by atoms with Gasteiger partial charge in [0.25, 0.3) is 0 Å². The van der Waals surface area contributed by atoms with Gasteiger partial charge in [0.2, 0.25) is 10.0 Å². The normalized spacial score (nSPS) is 12.2. The van der Waals surface area contributed by atoms with Gasteiger partial charge in [0.05, 0.1) is 21.5 Å². The number of aromatic carboxylic acids is 1. The number of hydrogen-bond acceptors (Lipinski definition) is 4. The number of carboxylic acid groups (broad SMARTS) is 1. The first-order chi connectivity index (χ1) is 19.1. The average molecular weight is 581 g/mol. The molecule has 4 rings (SSSR count).